The highest BCUT2D eigenvalue weighted by atomic mass is 127. The molecule has 0 amide bonds. The molecule has 1 aromatic rings. The summed E-state index contributed by atoms with van der Waals surface area (Å²) < 4.78 is 31.2. The molecule has 0 radical (unpaired) electrons. The SMILES string of the molecule is CCS(=O)(=O)N1CCC(NC(=NCC2CCCCC2)NCCc2ccco2)CC1.I. The van der Waals surface area contributed by atoms with Crippen molar-refractivity contribution in [1.29, 1.82) is 0 Å². The monoisotopic (exact) mass is 552 g/mol. The van der Waals surface area contributed by atoms with Crippen LogP contribution in [0.5, 0.6) is 0 Å². The molecule has 0 atom stereocenters. The summed E-state index contributed by atoms with van der Waals surface area (Å²) >= 11 is 0. The molecule has 0 spiro atoms. The predicted octanol–water partition coefficient (Wildman–Crippen LogP) is 3.37. The Kier molecular flexibility index (Phi) is 10.9. The van der Waals surface area contributed by atoms with E-state index in [0.29, 0.717) is 19.0 Å². The number of sulfonamides is 1. The molecule has 1 aromatic heterocycles. The molecule has 0 bridgehead atoms. The zero-order valence-corrected chi connectivity index (χ0v) is 21.2. The zero-order chi connectivity index (χ0) is 20.5. The van der Waals surface area contributed by atoms with Gasteiger partial charge in [0.15, 0.2) is 5.96 Å². The number of hydrogen-bond donors (Lipinski definition) is 2. The van der Waals surface area contributed by atoms with Gasteiger partial charge in [-0.3, -0.25) is 4.99 Å². The van der Waals surface area contributed by atoms with Crippen LogP contribution in [0.1, 0.15) is 57.6 Å². The van der Waals surface area contributed by atoms with Crippen molar-refractivity contribution in [3.05, 3.63) is 24.2 Å². The van der Waals surface area contributed by atoms with Gasteiger partial charge < -0.3 is 15.1 Å². The first kappa shape index (κ1) is 25.5. The molecule has 1 saturated carbocycles. The minimum atomic E-state index is -3.09. The van der Waals surface area contributed by atoms with E-state index >= 15 is 0 Å². The van der Waals surface area contributed by atoms with Crippen LogP contribution < -0.4 is 10.6 Å². The van der Waals surface area contributed by atoms with Gasteiger partial charge >= 0.3 is 0 Å². The Labute approximate surface area is 198 Å². The molecular formula is C21H37IN4O3S. The van der Waals surface area contributed by atoms with Crippen LogP contribution in [0.4, 0.5) is 0 Å². The summed E-state index contributed by atoms with van der Waals surface area (Å²) in [6, 6.07) is 4.14. The lowest BCUT2D eigenvalue weighted by Gasteiger charge is -2.32. The third-order valence-electron chi connectivity index (χ3n) is 6.03. The maximum Gasteiger partial charge on any atom is 0.213 e. The molecule has 1 aliphatic carbocycles. The number of furan rings is 1. The van der Waals surface area contributed by atoms with Gasteiger partial charge in [0, 0.05) is 38.6 Å². The van der Waals surface area contributed by atoms with E-state index in [0.717, 1.165) is 44.1 Å². The first-order valence-electron chi connectivity index (χ1n) is 11.1. The van der Waals surface area contributed by atoms with Gasteiger partial charge in [-0.25, -0.2) is 12.7 Å². The highest BCUT2D eigenvalue weighted by Gasteiger charge is 2.27. The topological polar surface area (TPSA) is 86.9 Å². The van der Waals surface area contributed by atoms with E-state index in [4.69, 9.17) is 9.41 Å². The standard InChI is InChI=1S/C21H36N4O3S.HI/c1-2-29(26,27)25-14-11-19(12-15-25)24-21(22-13-10-20-9-6-16-28-20)23-17-18-7-4-3-5-8-18;/h6,9,16,18-19H,2-5,7-8,10-15,17H2,1H3,(H2,22,23,24);1H. The fourth-order valence-electron chi connectivity index (χ4n) is 4.16. The van der Waals surface area contributed by atoms with Crippen molar-refractivity contribution in [3.8, 4) is 0 Å². The van der Waals surface area contributed by atoms with Gasteiger partial charge in [-0.1, -0.05) is 19.3 Å². The number of guanidine groups is 1. The maximum absolute atomic E-state index is 12.1. The summed E-state index contributed by atoms with van der Waals surface area (Å²) in [5.41, 5.74) is 0. The van der Waals surface area contributed by atoms with Crippen LogP contribution >= 0.6 is 24.0 Å². The molecule has 1 aliphatic heterocycles. The predicted molar refractivity (Wildman–Crippen MR) is 132 cm³/mol. The van der Waals surface area contributed by atoms with E-state index in [-0.39, 0.29) is 35.8 Å². The van der Waals surface area contributed by atoms with Crippen molar-refractivity contribution in [2.45, 2.75) is 64.3 Å². The summed E-state index contributed by atoms with van der Waals surface area (Å²) in [6.07, 6.45) is 10.7. The number of halogens is 1. The van der Waals surface area contributed by atoms with Gasteiger partial charge in [0.05, 0.1) is 12.0 Å². The van der Waals surface area contributed by atoms with Crippen molar-refractivity contribution in [3.63, 3.8) is 0 Å². The Balaban J connectivity index is 0.00000320. The summed E-state index contributed by atoms with van der Waals surface area (Å²) in [4.78, 5) is 4.88. The number of aliphatic imine (C=N–C) groups is 1. The first-order chi connectivity index (χ1) is 14.1. The maximum atomic E-state index is 12.1. The number of nitrogens with zero attached hydrogens (tertiary/aromatic N) is 2. The molecule has 30 heavy (non-hydrogen) atoms. The van der Waals surface area contributed by atoms with E-state index in [9.17, 15) is 8.42 Å². The minimum absolute atomic E-state index is 0. The van der Waals surface area contributed by atoms with Crippen molar-refractivity contribution >= 4 is 40.0 Å². The van der Waals surface area contributed by atoms with E-state index in [2.05, 4.69) is 10.6 Å². The van der Waals surface area contributed by atoms with Crippen molar-refractivity contribution in [2.75, 3.05) is 31.9 Å². The third-order valence-corrected chi connectivity index (χ3v) is 7.91. The fourth-order valence-corrected chi connectivity index (χ4v) is 5.29. The third kappa shape index (κ3) is 8.03. The average molecular weight is 553 g/mol. The molecule has 1 saturated heterocycles. The van der Waals surface area contributed by atoms with Gasteiger partial charge in [0.25, 0.3) is 0 Å². The lowest BCUT2D eigenvalue weighted by atomic mass is 9.89. The molecule has 172 valence electrons. The van der Waals surface area contributed by atoms with Crippen molar-refractivity contribution in [1.82, 2.24) is 14.9 Å². The van der Waals surface area contributed by atoms with Crippen molar-refractivity contribution in [2.24, 2.45) is 10.9 Å². The van der Waals surface area contributed by atoms with Gasteiger partial charge in [-0.2, -0.15) is 0 Å². The average Bonchev–Trinajstić information content (AvgIpc) is 3.26. The molecule has 3 rings (SSSR count). The van der Waals surface area contributed by atoms with E-state index in [1.165, 1.54) is 32.1 Å². The Morgan fingerprint density at radius 1 is 1.20 bits per heavy atom. The Bertz CT molecular complexity index is 725. The van der Waals surface area contributed by atoms with Crippen LogP contribution in [0.2, 0.25) is 0 Å². The first-order valence-corrected chi connectivity index (χ1v) is 12.7. The largest absolute Gasteiger partial charge is 0.469 e. The molecular weight excluding hydrogens is 515 g/mol. The second-order valence-electron chi connectivity index (χ2n) is 8.17. The Morgan fingerprint density at radius 2 is 1.93 bits per heavy atom. The molecule has 2 N–H and O–H groups in total. The normalized spacial score (nSPS) is 20.0. The Morgan fingerprint density at radius 3 is 2.57 bits per heavy atom. The summed E-state index contributed by atoms with van der Waals surface area (Å²) in [7, 11) is -3.09. The number of hydrogen-bond acceptors (Lipinski definition) is 4. The molecule has 2 aliphatic rings. The van der Waals surface area contributed by atoms with E-state index in [1.54, 1.807) is 17.5 Å². The molecule has 2 fully saturated rings. The summed E-state index contributed by atoms with van der Waals surface area (Å²) in [5.74, 6) is 2.66. The molecule has 0 aromatic carbocycles. The highest BCUT2D eigenvalue weighted by molar-refractivity contribution is 14.0. The van der Waals surface area contributed by atoms with E-state index in [1.807, 2.05) is 12.1 Å². The second-order valence-corrected chi connectivity index (χ2v) is 10.4. The number of nitrogens with one attached hydrogen (secondary N) is 2. The van der Waals surface area contributed by atoms with Gasteiger partial charge in [0.2, 0.25) is 10.0 Å². The molecule has 0 unspecified atom stereocenters. The second kappa shape index (κ2) is 12.9. The van der Waals surface area contributed by atoms with Crippen LogP contribution in [0.25, 0.3) is 0 Å². The van der Waals surface area contributed by atoms with Crippen LogP contribution in [0, 0.1) is 5.92 Å². The van der Waals surface area contributed by atoms with Crippen LogP contribution in [-0.2, 0) is 16.4 Å². The highest BCUT2D eigenvalue weighted by Crippen LogP contribution is 2.23. The van der Waals surface area contributed by atoms with Crippen LogP contribution in [-0.4, -0.2) is 56.7 Å². The van der Waals surface area contributed by atoms with Crippen LogP contribution in [0.3, 0.4) is 0 Å². The Hall–Kier alpha value is -0.810. The van der Waals surface area contributed by atoms with Crippen LogP contribution in [0.15, 0.2) is 27.8 Å². The lowest BCUT2D eigenvalue weighted by Crippen LogP contribution is -2.50. The van der Waals surface area contributed by atoms with Gasteiger partial charge in [0.1, 0.15) is 5.76 Å². The smallest absolute Gasteiger partial charge is 0.213 e. The molecule has 9 heteroatoms. The quantitative estimate of drug-likeness (QED) is 0.294. The minimum Gasteiger partial charge on any atom is -0.469 e. The molecule has 7 nitrogen and oxygen atoms in total. The number of piperidine rings is 1. The van der Waals surface area contributed by atoms with Gasteiger partial charge in [-0.05, 0) is 50.7 Å². The molecule has 2 heterocycles. The lowest BCUT2D eigenvalue weighted by molar-refractivity contribution is 0.306. The van der Waals surface area contributed by atoms with Gasteiger partial charge in [-0.15, -0.1) is 24.0 Å². The summed E-state index contributed by atoms with van der Waals surface area (Å²) in [5, 5.41) is 7.00. The van der Waals surface area contributed by atoms with Crippen molar-refractivity contribution < 1.29 is 12.8 Å². The summed E-state index contributed by atoms with van der Waals surface area (Å²) in [6.45, 7) is 4.48. The van der Waals surface area contributed by atoms with E-state index < -0.39 is 10.0 Å². The fraction of sp³-hybridized carbons (Fsp3) is 0.762. The number of rotatable bonds is 8. The zero-order valence-electron chi connectivity index (χ0n) is 18.0.